The van der Waals surface area contributed by atoms with Gasteiger partial charge in [-0.3, -0.25) is 9.69 Å². The second-order valence-electron chi connectivity index (χ2n) is 11.5. The predicted molar refractivity (Wildman–Crippen MR) is 159 cm³/mol. The Balaban J connectivity index is 0.000000278. The predicted octanol–water partition coefficient (Wildman–Crippen LogP) is 3.97. The van der Waals surface area contributed by atoms with Gasteiger partial charge >= 0.3 is 0 Å². The van der Waals surface area contributed by atoms with Crippen LogP contribution < -0.4 is 5.32 Å². The van der Waals surface area contributed by atoms with Gasteiger partial charge in [-0.1, -0.05) is 24.3 Å². The van der Waals surface area contributed by atoms with Gasteiger partial charge in [0.2, 0.25) is 0 Å². The lowest BCUT2D eigenvalue weighted by atomic mass is 10.0. The summed E-state index contributed by atoms with van der Waals surface area (Å²) in [7, 11) is 0. The molecule has 1 atom stereocenters. The van der Waals surface area contributed by atoms with Crippen LogP contribution in [0.4, 0.5) is 0 Å². The number of carbonyl (C=O) groups excluding carboxylic acids is 2. The molecule has 2 heterocycles. The third-order valence-corrected chi connectivity index (χ3v) is 8.01. The highest BCUT2D eigenvalue weighted by Gasteiger charge is 2.26. The molecule has 0 radical (unpaired) electrons. The molecule has 214 valence electrons. The number of unbranched alkanes of at least 4 members (excludes halogenated alkanes) is 2. The van der Waals surface area contributed by atoms with Gasteiger partial charge in [0, 0.05) is 70.4 Å². The molecule has 40 heavy (non-hydrogen) atoms. The average molecular weight is 544 g/mol. The zero-order valence-electron chi connectivity index (χ0n) is 24.1. The van der Waals surface area contributed by atoms with E-state index in [1.54, 1.807) is 6.07 Å². The van der Waals surface area contributed by atoms with Crippen molar-refractivity contribution >= 4 is 12.2 Å². The van der Waals surface area contributed by atoms with Crippen LogP contribution in [0.2, 0.25) is 0 Å². The lowest BCUT2D eigenvalue weighted by Crippen LogP contribution is -2.49. The third kappa shape index (κ3) is 9.85. The van der Waals surface area contributed by atoms with Gasteiger partial charge in [-0.05, 0) is 86.9 Å². The number of hydrogen-bond donors (Lipinski definition) is 1. The summed E-state index contributed by atoms with van der Waals surface area (Å²) in [5.41, 5.74) is 3.51. The Labute approximate surface area is 240 Å². The molecule has 3 aliphatic rings. The van der Waals surface area contributed by atoms with Crippen LogP contribution in [0.1, 0.15) is 66.1 Å². The van der Waals surface area contributed by atoms with Crippen molar-refractivity contribution in [3.8, 4) is 6.07 Å². The molecule has 0 aromatic heterocycles. The molecule has 7 nitrogen and oxygen atoms in total. The van der Waals surface area contributed by atoms with Crippen molar-refractivity contribution in [2.45, 2.75) is 51.5 Å². The quantitative estimate of drug-likeness (QED) is 0.361. The fourth-order valence-electron chi connectivity index (χ4n) is 5.56. The summed E-state index contributed by atoms with van der Waals surface area (Å²) in [5.74, 6) is 1.14. The van der Waals surface area contributed by atoms with Gasteiger partial charge in [0.1, 0.15) is 6.29 Å². The van der Waals surface area contributed by atoms with Crippen molar-refractivity contribution in [2.75, 3.05) is 58.9 Å². The van der Waals surface area contributed by atoms with E-state index in [-0.39, 0.29) is 5.91 Å². The normalized spacial score (nSPS) is 19.8. The van der Waals surface area contributed by atoms with Crippen LogP contribution in [0.25, 0.3) is 0 Å². The highest BCUT2D eigenvalue weighted by molar-refractivity contribution is 5.94. The molecule has 0 bridgehead atoms. The first-order chi connectivity index (χ1) is 19.5. The zero-order valence-corrected chi connectivity index (χ0v) is 24.1. The Morgan fingerprint density at radius 3 is 2.45 bits per heavy atom. The fourth-order valence-corrected chi connectivity index (χ4v) is 5.56. The largest absolute Gasteiger partial charge is 0.336 e. The van der Waals surface area contributed by atoms with Crippen LogP contribution >= 0.6 is 0 Å². The fraction of sp³-hybridized carbons (Fsp3) is 0.545. The van der Waals surface area contributed by atoms with Crippen LogP contribution in [-0.4, -0.2) is 91.8 Å². The van der Waals surface area contributed by atoms with E-state index < -0.39 is 0 Å². The number of nitrogens with one attached hydrogen (secondary N) is 1. The summed E-state index contributed by atoms with van der Waals surface area (Å²) in [6, 6.07) is 18.3. The summed E-state index contributed by atoms with van der Waals surface area (Å²) in [4.78, 5) is 30.2. The molecule has 5 rings (SSSR count). The lowest BCUT2D eigenvalue weighted by Gasteiger charge is -2.34. The first kappa shape index (κ1) is 29.9. The molecule has 1 aliphatic carbocycles. The Morgan fingerprint density at radius 2 is 1.75 bits per heavy atom. The SMILES string of the molecule is CC1CN(CC2CC2)CCN1.N#Cc1cccc(Cc2cccc(C(=O)N3CCN(CCCCC=O)CC3)c2)c1. The number of rotatable bonds is 10. The molecule has 2 saturated heterocycles. The standard InChI is InChI=1S/C24H27N3O2.C9H18N2/c25-19-22-8-4-6-20(17-22)16-21-7-5-9-23(18-21)24(29)27-13-11-26(12-14-27)10-2-1-3-15-28;1-8-6-11(5-4-10-8)7-9-2-3-9/h4-9,15,17-18H,1-3,10-14,16H2;8-10H,2-7H2,1H3. The first-order valence-electron chi connectivity index (χ1n) is 15.0. The lowest BCUT2D eigenvalue weighted by molar-refractivity contribution is -0.107. The highest BCUT2D eigenvalue weighted by Crippen LogP contribution is 2.29. The minimum Gasteiger partial charge on any atom is -0.336 e. The van der Waals surface area contributed by atoms with E-state index in [0.717, 1.165) is 74.5 Å². The number of nitriles is 1. The van der Waals surface area contributed by atoms with Gasteiger partial charge in [0.15, 0.2) is 0 Å². The molecule has 1 N–H and O–H groups in total. The number of nitrogens with zero attached hydrogens (tertiary/aromatic N) is 4. The second kappa shape index (κ2) is 15.7. The van der Waals surface area contributed by atoms with Gasteiger partial charge in [0.05, 0.1) is 11.6 Å². The van der Waals surface area contributed by atoms with Crippen molar-refractivity contribution in [2.24, 2.45) is 5.92 Å². The number of hydrogen-bond acceptors (Lipinski definition) is 6. The van der Waals surface area contributed by atoms with Gasteiger partial charge < -0.3 is 19.9 Å². The van der Waals surface area contributed by atoms with Crippen molar-refractivity contribution in [1.82, 2.24) is 20.0 Å². The van der Waals surface area contributed by atoms with E-state index in [4.69, 9.17) is 5.26 Å². The van der Waals surface area contributed by atoms with E-state index in [1.165, 1.54) is 39.0 Å². The first-order valence-corrected chi connectivity index (χ1v) is 15.0. The zero-order chi connectivity index (χ0) is 28.2. The Bertz CT molecular complexity index is 1130. The van der Waals surface area contributed by atoms with Crippen LogP contribution in [0, 0.1) is 17.2 Å². The molecule has 7 heteroatoms. The second-order valence-corrected chi connectivity index (χ2v) is 11.5. The maximum absolute atomic E-state index is 12.9. The maximum Gasteiger partial charge on any atom is 0.253 e. The van der Waals surface area contributed by atoms with Crippen LogP contribution in [0.15, 0.2) is 48.5 Å². The van der Waals surface area contributed by atoms with Crippen molar-refractivity contribution < 1.29 is 9.59 Å². The highest BCUT2D eigenvalue weighted by atomic mass is 16.2. The van der Waals surface area contributed by atoms with E-state index in [1.807, 2.05) is 47.4 Å². The molecular weight excluding hydrogens is 498 g/mol. The van der Waals surface area contributed by atoms with E-state index in [2.05, 4.69) is 28.1 Å². The Hall–Kier alpha value is -3.05. The summed E-state index contributed by atoms with van der Waals surface area (Å²) < 4.78 is 0. The van der Waals surface area contributed by atoms with Crippen molar-refractivity contribution in [3.63, 3.8) is 0 Å². The van der Waals surface area contributed by atoms with Crippen molar-refractivity contribution in [1.29, 1.82) is 5.26 Å². The van der Waals surface area contributed by atoms with Gasteiger partial charge in [0.25, 0.3) is 5.91 Å². The number of aldehydes is 1. The summed E-state index contributed by atoms with van der Waals surface area (Å²) in [5, 5.41) is 12.5. The number of amides is 1. The number of carbonyl (C=O) groups is 2. The molecule has 1 amide bonds. The maximum atomic E-state index is 12.9. The smallest absolute Gasteiger partial charge is 0.253 e. The molecule has 2 aliphatic heterocycles. The van der Waals surface area contributed by atoms with E-state index in [9.17, 15) is 9.59 Å². The molecular formula is C33H45N5O2. The Kier molecular flexibility index (Phi) is 11.7. The number of benzene rings is 2. The van der Waals surface area contributed by atoms with Gasteiger partial charge in [-0.15, -0.1) is 0 Å². The average Bonchev–Trinajstić information content (AvgIpc) is 3.80. The monoisotopic (exact) mass is 543 g/mol. The molecule has 2 aromatic rings. The molecule has 2 aromatic carbocycles. The minimum atomic E-state index is 0.0817. The molecule has 0 spiro atoms. The topological polar surface area (TPSA) is 79.7 Å². The minimum absolute atomic E-state index is 0.0817. The van der Waals surface area contributed by atoms with Crippen LogP contribution in [0.3, 0.4) is 0 Å². The van der Waals surface area contributed by atoms with E-state index >= 15 is 0 Å². The summed E-state index contributed by atoms with van der Waals surface area (Å²) in [6.07, 6.45) is 7.25. The van der Waals surface area contributed by atoms with Crippen LogP contribution in [0.5, 0.6) is 0 Å². The van der Waals surface area contributed by atoms with E-state index in [0.29, 0.717) is 24.4 Å². The van der Waals surface area contributed by atoms with Gasteiger partial charge in [-0.2, -0.15) is 5.26 Å². The van der Waals surface area contributed by atoms with Crippen molar-refractivity contribution in [3.05, 3.63) is 70.8 Å². The van der Waals surface area contributed by atoms with Crippen LogP contribution in [-0.2, 0) is 11.2 Å². The Morgan fingerprint density at radius 1 is 1.00 bits per heavy atom. The third-order valence-electron chi connectivity index (χ3n) is 8.01. The molecule has 1 unspecified atom stereocenters. The summed E-state index contributed by atoms with van der Waals surface area (Å²) in [6.45, 7) is 11.6. The van der Waals surface area contributed by atoms with Gasteiger partial charge in [-0.25, -0.2) is 0 Å². The molecule has 3 fully saturated rings. The number of piperazine rings is 2. The molecule has 1 saturated carbocycles. The summed E-state index contributed by atoms with van der Waals surface area (Å²) >= 11 is 0.